The number of carbonyl (C=O) groups is 1. The van der Waals surface area contributed by atoms with Gasteiger partial charge < -0.3 is 9.63 Å². The zero-order valence-corrected chi connectivity index (χ0v) is 8.23. The third-order valence-corrected chi connectivity index (χ3v) is 2.27. The smallest absolute Gasteiger partial charge is 0.186 e. The van der Waals surface area contributed by atoms with Crippen LogP contribution in [0.4, 0.5) is 0 Å². The van der Waals surface area contributed by atoms with Crippen LogP contribution in [0.3, 0.4) is 0 Å². The maximum absolute atomic E-state index is 10.5. The first-order chi connectivity index (χ1) is 7.22. The average Bonchev–Trinajstić information content (AvgIpc) is 2.61. The molecule has 0 saturated carbocycles. The van der Waals surface area contributed by atoms with Crippen LogP contribution in [-0.4, -0.2) is 16.5 Å². The topological polar surface area (TPSA) is 63.3 Å². The van der Waals surface area contributed by atoms with E-state index in [1.165, 1.54) is 12.1 Å². The first-order valence-corrected chi connectivity index (χ1v) is 4.50. The fraction of sp³-hybridized carbons (Fsp3) is 0. The van der Waals surface area contributed by atoms with Crippen molar-refractivity contribution in [2.45, 2.75) is 0 Å². The minimum atomic E-state index is 0.0692. The van der Waals surface area contributed by atoms with Gasteiger partial charge in [-0.15, -0.1) is 0 Å². The van der Waals surface area contributed by atoms with Crippen LogP contribution in [0.15, 0.2) is 28.8 Å². The summed E-state index contributed by atoms with van der Waals surface area (Å²) in [6, 6.07) is 6.23. The van der Waals surface area contributed by atoms with Crippen LogP contribution in [0.5, 0.6) is 5.75 Å². The lowest BCUT2D eigenvalue weighted by Gasteiger charge is -1.96. The summed E-state index contributed by atoms with van der Waals surface area (Å²) in [5.74, 6) is 0.462. The molecule has 2 aromatic rings. The van der Waals surface area contributed by atoms with Gasteiger partial charge in [-0.25, -0.2) is 0 Å². The van der Waals surface area contributed by atoms with E-state index in [0.717, 1.165) is 0 Å². The molecule has 0 radical (unpaired) electrons. The van der Waals surface area contributed by atoms with Crippen molar-refractivity contribution in [2.24, 2.45) is 0 Å². The van der Waals surface area contributed by atoms with Gasteiger partial charge in [0.05, 0.1) is 0 Å². The van der Waals surface area contributed by atoms with Crippen molar-refractivity contribution in [3.63, 3.8) is 0 Å². The van der Waals surface area contributed by atoms with Crippen molar-refractivity contribution in [3.8, 4) is 17.1 Å². The zero-order chi connectivity index (χ0) is 10.8. The fourth-order valence-corrected chi connectivity index (χ4v) is 1.38. The molecule has 0 aliphatic carbocycles. The van der Waals surface area contributed by atoms with Gasteiger partial charge in [-0.05, 0) is 24.3 Å². The summed E-state index contributed by atoms with van der Waals surface area (Å²) >= 11 is 5.85. The van der Waals surface area contributed by atoms with Crippen molar-refractivity contribution in [3.05, 3.63) is 35.0 Å². The van der Waals surface area contributed by atoms with Gasteiger partial charge in [-0.1, -0.05) is 16.8 Å². The Morgan fingerprint density at radius 3 is 2.53 bits per heavy atom. The number of halogens is 1. The minimum Gasteiger partial charge on any atom is -0.508 e. The number of benzene rings is 1. The van der Waals surface area contributed by atoms with E-state index < -0.39 is 0 Å². The summed E-state index contributed by atoms with van der Waals surface area (Å²) in [5.41, 5.74) is 0.721. The van der Waals surface area contributed by atoms with Crippen molar-refractivity contribution in [1.82, 2.24) is 5.16 Å². The molecule has 1 aromatic carbocycles. The number of aromatic hydroxyl groups is 1. The highest BCUT2D eigenvalue weighted by molar-refractivity contribution is 6.35. The summed E-state index contributed by atoms with van der Waals surface area (Å²) in [6.45, 7) is 0. The Morgan fingerprint density at radius 2 is 2.00 bits per heavy atom. The Balaban J connectivity index is 2.49. The van der Waals surface area contributed by atoms with E-state index in [1.54, 1.807) is 12.1 Å². The predicted molar refractivity (Wildman–Crippen MR) is 54.0 cm³/mol. The van der Waals surface area contributed by atoms with Gasteiger partial charge in [0.15, 0.2) is 17.7 Å². The lowest BCUT2D eigenvalue weighted by Crippen LogP contribution is -1.78. The Kier molecular flexibility index (Phi) is 2.43. The van der Waals surface area contributed by atoms with Gasteiger partial charge in [0.25, 0.3) is 0 Å². The van der Waals surface area contributed by atoms with Crippen LogP contribution < -0.4 is 0 Å². The second kappa shape index (κ2) is 3.74. The molecule has 1 heterocycles. The van der Waals surface area contributed by atoms with Gasteiger partial charge in [0, 0.05) is 5.56 Å². The van der Waals surface area contributed by atoms with Crippen molar-refractivity contribution >= 4 is 17.9 Å². The molecular formula is C10H6ClNO3. The third-order valence-electron chi connectivity index (χ3n) is 1.90. The summed E-state index contributed by atoms with van der Waals surface area (Å²) in [6.07, 6.45) is 0.524. The molecule has 0 aliphatic rings. The number of aldehydes is 1. The lowest BCUT2D eigenvalue weighted by atomic mass is 10.1. The molecule has 1 aromatic heterocycles. The van der Waals surface area contributed by atoms with E-state index in [4.69, 9.17) is 21.2 Å². The quantitative estimate of drug-likeness (QED) is 0.795. The van der Waals surface area contributed by atoms with E-state index in [0.29, 0.717) is 17.6 Å². The number of phenolic OH excluding ortho intramolecular Hbond substituents is 1. The van der Waals surface area contributed by atoms with Crippen LogP contribution in [0, 0.1) is 0 Å². The molecule has 2 rings (SSSR count). The molecule has 0 atom stereocenters. The van der Waals surface area contributed by atoms with E-state index in [-0.39, 0.29) is 16.5 Å². The van der Waals surface area contributed by atoms with Gasteiger partial charge >= 0.3 is 0 Å². The second-order valence-electron chi connectivity index (χ2n) is 2.88. The third kappa shape index (κ3) is 1.71. The standard InChI is InChI=1S/C10H6ClNO3/c11-9-8(5-13)12-15-10(9)6-1-3-7(14)4-2-6/h1-5,14H. The normalized spacial score (nSPS) is 10.2. The Hall–Kier alpha value is -1.81. The van der Waals surface area contributed by atoms with Crippen molar-refractivity contribution in [2.75, 3.05) is 0 Å². The van der Waals surface area contributed by atoms with Crippen LogP contribution >= 0.6 is 11.6 Å². The van der Waals surface area contributed by atoms with E-state index in [9.17, 15) is 4.79 Å². The number of hydrogen-bond donors (Lipinski definition) is 1. The molecule has 0 amide bonds. The highest BCUT2D eigenvalue weighted by Gasteiger charge is 2.14. The summed E-state index contributed by atoms with van der Waals surface area (Å²) in [7, 11) is 0. The first-order valence-electron chi connectivity index (χ1n) is 4.12. The highest BCUT2D eigenvalue weighted by Crippen LogP contribution is 2.30. The summed E-state index contributed by atoms with van der Waals surface area (Å²) in [4.78, 5) is 10.5. The lowest BCUT2D eigenvalue weighted by molar-refractivity contribution is 0.111. The molecule has 4 nitrogen and oxygen atoms in total. The van der Waals surface area contributed by atoms with Crippen LogP contribution in [0.1, 0.15) is 10.5 Å². The van der Waals surface area contributed by atoms with Crippen molar-refractivity contribution < 1.29 is 14.4 Å². The Bertz CT molecular complexity index is 490. The van der Waals surface area contributed by atoms with E-state index in [1.807, 2.05) is 0 Å². The van der Waals surface area contributed by atoms with Crippen LogP contribution in [-0.2, 0) is 0 Å². The highest BCUT2D eigenvalue weighted by atomic mass is 35.5. The molecule has 1 N–H and O–H groups in total. The van der Waals surface area contributed by atoms with Crippen LogP contribution in [0.25, 0.3) is 11.3 Å². The summed E-state index contributed by atoms with van der Waals surface area (Å²) < 4.78 is 4.92. The minimum absolute atomic E-state index is 0.0692. The number of aromatic nitrogens is 1. The summed E-state index contributed by atoms with van der Waals surface area (Å²) in [5, 5.41) is 12.8. The SMILES string of the molecule is O=Cc1noc(-c2ccc(O)cc2)c1Cl. The molecule has 5 heteroatoms. The Labute approximate surface area is 90.1 Å². The predicted octanol–water partition coefficient (Wildman–Crippen LogP) is 2.51. The van der Waals surface area contributed by atoms with Gasteiger partial charge in [0.1, 0.15) is 10.8 Å². The van der Waals surface area contributed by atoms with E-state index in [2.05, 4.69) is 5.16 Å². The van der Waals surface area contributed by atoms with E-state index >= 15 is 0 Å². The molecule has 0 fully saturated rings. The maximum atomic E-state index is 10.5. The van der Waals surface area contributed by atoms with Gasteiger partial charge in [-0.2, -0.15) is 0 Å². The molecule has 0 bridgehead atoms. The molecule has 0 aliphatic heterocycles. The molecule has 0 saturated heterocycles. The number of phenols is 1. The number of hydrogen-bond acceptors (Lipinski definition) is 4. The van der Waals surface area contributed by atoms with Crippen LogP contribution in [0.2, 0.25) is 5.02 Å². The fourth-order valence-electron chi connectivity index (χ4n) is 1.16. The number of rotatable bonds is 2. The van der Waals surface area contributed by atoms with Crippen molar-refractivity contribution in [1.29, 1.82) is 0 Å². The van der Waals surface area contributed by atoms with Gasteiger partial charge in [-0.3, -0.25) is 4.79 Å². The number of nitrogens with zero attached hydrogens (tertiary/aromatic N) is 1. The average molecular weight is 224 g/mol. The first kappa shape index (κ1) is 9.73. The maximum Gasteiger partial charge on any atom is 0.186 e. The molecule has 0 unspecified atom stereocenters. The molecule has 76 valence electrons. The largest absolute Gasteiger partial charge is 0.508 e. The zero-order valence-electron chi connectivity index (χ0n) is 7.48. The Morgan fingerprint density at radius 1 is 1.33 bits per heavy atom. The second-order valence-corrected chi connectivity index (χ2v) is 3.25. The number of carbonyl (C=O) groups excluding carboxylic acids is 1. The van der Waals surface area contributed by atoms with Gasteiger partial charge in [0.2, 0.25) is 0 Å². The molecular weight excluding hydrogens is 218 g/mol. The molecule has 0 spiro atoms. The monoisotopic (exact) mass is 223 g/mol. The molecule has 15 heavy (non-hydrogen) atoms.